The van der Waals surface area contributed by atoms with Gasteiger partial charge in [0.1, 0.15) is 11.6 Å². The van der Waals surface area contributed by atoms with Gasteiger partial charge in [0, 0.05) is 33.1 Å². The van der Waals surface area contributed by atoms with E-state index in [4.69, 9.17) is 11.5 Å². The van der Waals surface area contributed by atoms with Crippen molar-refractivity contribution in [1.29, 1.82) is 0 Å². The Kier molecular flexibility index (Phi) is 3.36. The quantitative estimate of drug-likeness (QED) is 0.471. The fraction of sp³-hybridized carbons (Fsp3) is 0. The number of thiophene rings is 1. The Morgan fingerprint density at radius 2 is 1.71 bits per heavy atom. The molecule has 0 unspecified atom stereocenters. The molecule has 118 valence electrons. The van der Waals surface area contributed by atoms with Crippen molar-refractivity contribution in [1.82, 2.24) is 4.98 Å². The van der Waals surface area contributed by atoms with Crippen molar-refractivity contribution in [2.24, 2.45) is 0 Å². The lowest BCUT2D eigenvalue weighted by atomic mass is 10.0. The first kappa shape index (κ1) is 14.5. The Morgan fingerprint density at radius 3 is 2.46 bits per heavy atom. The summed E-state index contributed by atoms with van der Waals surface area (Å²) >= 11 is 1.62. The second-order valence-electron chi connectivity index (χ2n) is 5.58. The molecule has 2 heterocycles. The van der Waals surface area contributed by atoms with Gasteiger partial charge in [0.2, 0.25) is 0 Å². The summed E-state index contributed by atoms with van der Waals surface area (Å²) in [6.07, 6.45) is 1.76. The number of benzene rings is 2. The number of rotatable bonds is 2. The van der Waals surface area contributed by atoms with Crippen LogP contribution in [0.5, 0.6) is 5.75 Å². The van der Waals surface area contributed by atoms with Crippen LogP contribution in [0.4, 0.5) is 11.5 Å². The number of phenols is 1. The van der Waals surface area contributed by atoms with E-state index >= 15 is 0 Å². The molecule has 5 heteroatoms. The molecule has 0 aliphatic carbocycles. The van der Waals surface area contributed by atoms with Gasteiger partial charge in [-0.1, -0.05) is 24.3 Å². The van der Waals surface area contributed by atoms with Gasteiger partial charge in [-0.25, -0.2) is 4.98 Å². The predicted molar refractivity (Wildman–Crippen MR) is 101 cm³/mol. The number of hydrogen-bond acceptors (Lipinski definition) is 5. The molecule has 0 aliphatic heterocycles. The summed E-state index contributed by atoms with van der Waals surface area (Å²) in [5.41, 5.74) is 16.6. The Hall–Kier alpha value is -3.05. The molecule has 4 aromatic rings. The summed E-state index contributed by atoms with van der Waals surface area (Å²) in [6, 6.07) is 14.9. The minimum absolute atomic E-state index is 0.229. The number of anilines is 2. The number of nitrogen functional groups attached to an aromatic ring is 2. The Morgan fingerprint density at radius 1 is 0.917 bits per heavy atom. The molecule has 0 spiro atoms. The van der Waals surface area contributed by atoms with E-state index in [2.05, 4.69) is 10.4 Å². The lowest BCUT2D eigenvalue weighted by Crippen LogP contribution is -1.92. The zero-order valence-corrected chi connectivity index (χ0v) is 13.5. The van der Waals surface area contributed by atoms with E-state index in [-0.39, 0.29) is 5.75 Å². The Balaban J connectivity index is 1.97. The van der Waals surface area contributed by atoms with Crippen LogP contribution in [-0.4, -0.2) is 10.1 Å². The van der Waals surface area contributed by atoms with Crippen LogP contribution in [0.15, 0.2) is 60.1 Å². The lowest BCUT2D eigenvalue weighted by molar-refractivity contribution is 0.475. The van der Waals surface area contributed by atoms with Gasteiger partial charge in [-0.2, -0.15) is 0 Å². The van der Waals surface area contributed by atoms with Crippen molar-refractivity contribution in [2.75, 3.05) is 11.5 Å². The van der Waals surface area contributed by atoms with Gasteiger partial charge < -0.3 is 16.6 Å². The van der Waals surface area contributed by atoms with E-state index in [1.54, 1.807) is 29.7 Å². The standard InChI is InChI=1S/C19H15N3OS/c20-13-6-4-11(5-7-13)16-10-24-18-15(9-22-19(21)17(16)18)12-2-1-3-14(23)8-12/h1-10,23H,20H2,(H2,21,22). The highest BCUT2D eigenvalue weighted by Crippen LogP contribution is 2.42. The van der Waals surface area contributed by atoms with Gasteiger partial charge in [-0.3, -0.25) is 0 Å². The van der Waals surface area contributed by atoms with Crippen molar-refractivity contribution < 1.29 is 5.11 Å². The molecule has 0 saturated heterocycles. The van der Waals surface area contributed by atoms with Crippen molar-refractivity contribution in [3.63, 3.8) is 0 Å². The van der Waals surface area contributed by atoms with Crippen molar-refractivity contribution in [3.05, 3.63) is 60.1 Å². The van der Waals surface area contributed by atoms with Crippen molar-refractivity contribution >= 4 is 32.9 Å². The van der Waals surface area contributed by atoms with E-state index in [0.29, 0.717) is 5.82 Å². The molecule has 0 atom stereocenters. The fourth-order valence-electron chi connectivity index (χ4n) is 2.82. The highest BCUT2D eigenvalue weighted by Gasteiger charge is 2.15. The van der Waals surface area contributed by atoms with Crippen LogP contribution in [0.1, 0.15) is 0 Å². The molecule has 0 radical (unpaired) electrons. The summed E-state index contributed by atoms with van der Waals surface area (Å²) in [4.78, 5) is 4.37. The van der Waals surface area contributed by atoms with E-state index in [1.807, 2.05) is 36.4 Å². The second kappa shape index (κ2) is 5.54. The number of aromatic hydroxyl groups is 1. The third-order valence-electron chi connectivity index (χ3n) is 4.00. The molecular weight excluding hydrogens is 318 g/mol. The third-order valence-corrected chi connectivity index (χ3v) is 5.02. The van der Waals surface area contributed by atoms with Crippen molar-refractivity contribution in [3.8, 4) is 28.0 Å². The van der Waals surface area contributed by atoms with Gasteiger partial charge in [0.15, 0.2) is 0 Å². The maximum absolute atomic E-state index is 9.76. The summed E-state index contributed by atoms with van der Waals surface area (Å²) < 4.78 is 1.06. The largest absolute Gasteiger partial charge is 0.508 e. The molecule has 0 amide bonds. The number of pyridine rings is 1. The maximum Gasteiger partial charge on any atom is 0.132 e. The first-order valence-electron chi connectivity index (χ1n) is 7.44. The third kappa shape index (κ3) is 2.35. The Labute approximate surface area is 143 Å². The van der Waals surface area contributed by atoms with Gasteiger partial charge in [-0.05, 0) is 40.8 Å². The summed E-state index contributed by atoms with van der Waals surface area (Å²) in [7, 11) is 0. The molecular formula is C19H15N3OS. The maximum atomic E-state index is 9.76. The van der Waals surface area contributed by atoms with E-state index in [1.165, 1.54) is 0 Å². The van der Waals surface area contributed by atoms with Crippen molar-refractivity contribution in [2.45, 2.75) is 0 Å². The first-order chi connectivity index (χ1) is 11.6. The van der Waals surface area contributed by atoms with Crippen LogP contribution in [0.2, 0.25) is 0 Å². The average Bonchev–Trinajstić information content (AvgIpc) is 3.02. The monoisotopic (exact) mass is 333 g/mol. The van der Waals surface area contributed by atoms with E-state index in [0.717, 1.165) is 38.0 Å². The number of hydrogen-bond donors (Lipinski definition) is 3. The highest BCUT2D eigenvalue weighted by atomic mass is 32.1. The number of aromatic nitrogens is 1. The van der Waals surface area contributed by atoms with Crippen LogP contribution in [-0.2, 0) is 0 Å². The van der Waals surface area contributed by atoms with Gasteiger partial charge in [-0.15, -0.1) is 11.3 Å². The summed E-state index contributed by atoms with van der Waals surface area (Å²) in [5, 5.41) is 12.8. The minimum Gasteiger partial charge on any atom is -0.508 e. The number of nitrogens with zero attached hydrogens (tertiary/aromatic N) is 1. The van der Waals surface area contributed by atoms with Crippen LogP contribution >= 0.6 is 11.3 Å². The average molecular weight is 333 g/mol. The molecule has 5 N–H and O–H groups in total. The zero-order valence-electron chi connectivity index (χ0n) is 12.7. The Bertz CT molecular complexity index is 1040. The SMILES string of the molecule is Nc1ccc(-c2csc3c(-c4cccc(O)c4)cnc(N)c23)cc1. The van der Waals surface area contributed by atoms with Crippen LogP contribution < -0.4 is 11.5 Å². The molecule has 2 aromatic carbocycles. The smallest absolute Gasteiger partial charge is 0.132 e. The van der Waals surface area contributed by atoms with Gasteiger partial charge in [0.25, 0.3) is 0 Å². The lowest BCUT2D eigenvalue weighted by Gasteiger charge is -2.07. The second-order valence-corrected chi connectivity index (χ2v) is 6.46. The topological polar surface area (TPSA) is 85.2 Å². The number of phenolic OH excluding ortho intramolecular Hbond substituents is 1. The van der Waals surface area contributed by atoms with Crippen LogP contribution in [0.3, 0.4) is 0 Å². The fourth-order valence-corrected chi connectivity index (χ4v) is 3.94. The molecule has 4 nitrogen and oxygen atoms in total. The van der Waals surface area contributed by atoms with E-state index < -0.39 is 0 Å². The highest BCUT2D eigenvalue weighted by molar-refractivity contribution is 7.18. The molecule has 4 rings (SSSR count). The predicted octanol–water partition coefficient (Wildman–Crippen LogP) is 4.50. The van der Waals surface area contributed by atoms with E-state index in [9.17, 15) is 5.11 Å². The normalized spacial score (nSPS) is 11.0. The first-order valence-corrected chi connectivity index (χ1v) is 8.32. The molecule has 24 heavy (non-hydrogen) atoms. The molecule has 0 fully saturated rings. The summed E-state index contributed by atoms with van der Waals surface area (Å²) in [6.45, 7) is 0. The molecule has 2 aromatic heterocycles. The molecule has 0 bridgehead atoms. The number of fused-ring (bicyclic) bond motifs is 1. The summed E-state index contributed by atoms with van der Waals surface area (Å²) in [5.74, 6) is 0.731. The van der Waals surface area contributed by atoms with Gasteiger partial charge >= 0.3 is 0 Å². The molecule has 0 saturated carbocycles. The molecule has 0 aliphatic rings. The minimum atomic E-state index is 0.229. The number of nitrogens with two attached hydrogens (primary N) is 2. The van der Waals surface area contributed by atoms with Gasteiger partial charge in [0.05, 0.1) is 0 Å². The van der Waals surface area contributed by atoms with Crippen LogP contribution in [0.25, 0.3) is 32.3 Å². The zero-order chi connectivity index (χ0) is 16.7. The van der Waals surface area contributed by atoms with Crippen LogP contribution in [0, 0.1) is 0 Å².